The van der Waals surface area contributed by atoms with Gasteiger partial charge in [-0.25, -0.2) is 0 Å². The molecule has 0 saturated carbocycles. The SMILES string of the molecule is CC(C)NCCc1c[nH]c2ccc(C(C)C)cc12. The molecule has 0 aliphatic rings. The molecule has 0 aliphatic carbocycles. The van der Waals surface area contributed by atoms with E-state index in [4.69, 9.17) is 0 Å². The van der Waals surface area contributed by atoms with Gasteiger partial charge in [0.2, 0.25) is 0 Å². The van der Waals surface area contributed by atoms with Crippen LogP contribution in [0, 0.1) is 0 Å². The summed E-state index contributed by atoms with van der Waals surface area (Å²) < 4.78 is 0. The molecule has 0 bridgehead atoms. The summed E-state index contributed by atoms with van der Waals surface area (Å²) >= 11 is 0. The van der Waals surface area contributed by atoms with Crippen LogP contribution in [0.2, 0.25) is 0 Å². The Morgan fingerprint density at radius 3 is 2.61 bits per heavy atom. The van der Waals surface area contributed by atoms with Crippen LogP contribution in [0.1, 0.15) is 44.7 Å². The zero-order valence-corrected chi connectivity index (χ0v) is 11.9. The first-order chi connectivity index (χ1) is 8.58. The smallest absolute Gasteiger partial charge is 0.0456 e. The van der Waals surface area contributed by atoms with E-state index in [0.29, 0.717) is 12.0 Å². The second-order valence-electron chi connectivity index (χ2n) is 5.63. The molecule has 2 N–H and O–H groups in total. The number of nitrogens with one attached hydrogen (secondary N) is 2. The Morgan fingerprint density at radius 2 is 1.94 bits per heavy atom. The Hall–Kier alpha value is -1.28. The van der Waals surface area contributed by atoms with Crippen molar-refractivity contribution < 1.29 is 0 Å². The summed E-state index contributed by atoms with van der Waals surface area (Å²) in [5, 5.41) is 4.85. The van der Waals surface area contributed by atoms with Crippen molar-refractivity contribution in [3.05, 3.63) is 35.5 Å². The summed E-state index contributed by atoms with van der Waals surface area (Å²) in [5.74, 6) is 0.589. The van der Waals surface area contributed by atoms with E-state index in [9.17, 15) is 0 Å². The number of aromatic nitrogens is 1. The van der Waals surface area contributed by atoms with Crippen LogP contribution < -0.4 is 5.32 Å². The van der Waals surface area contributed by atoms with Crippen LogP contribution in [0.3, 0.4) is 0 Å². The minimum atomic E-state index is 0.557. The molecule has 0 saturated heterocycles. The molecule has 1 aromatic heterocycles. The van der Waals surface area contributed by atoms with E-state index >= 15 is 0 Å². The van der Waals surface area contributed by atoms with Crippen LogP contribution >= 0.6 is 0 Å². The lowest BCUT2D eigenvalue weighted by molar-refractivity contribution is 0.591. The highest BCUT2D eigenvalue weighted by Crippen LogP contribution is 2.24. The standard InChI is InChI=1S/C16H24N2/c1-11(2)13-5-6-16-15(9-13)14(10-18-16)7-8-17-12(3)4/h5-6,9-12,17-18H,7-8H2,1-4H3. The first-order valence-electron chi connectivity index (χ1n) is 6.91. The first kappa shape index (κ1) is 13.2. The van der Waals surface area contributed by atoms with Crippen molar-refractivity contribution >= 4 is 10.9 Å². The number of hydrogen-bond donors (Lipinski definition) is 2. The van der Waals surface area contributed by atoms with E-state index in [0.717, 1.165) is 13.0 Å². The molecule has 98 valence electrons. The molecule has 0 unspecified atom stereocenters. The number of fused-ring (bicyclic) bond motifs is 1. The summed E-state index contributed by atoms with van der Waals surface area (Å²) in [4.78, 5) is 3.36. The maximum absolute atomic E-state index is 3.47. The van der Waals surface area contributed by atoms with Crippen LogP contribution in [-0.4, -0.2) is 17.6 Å². The van der Waals surface area contributed by atoms with Crippen molar-refractivity contribution in [1.82, 2.24) is 10.3 Å². The maximum atomic E-state index is 3.47. The van der Waals surface area contributed by atoms with Gasteiger partial charge in [0.25, 0.3) is 0 Å². The quantitative estimate of drug-likeness (QED) is 0.822. The minimum Gasteiger partial charge on any atom is -0.361 e. The fraction of sp³-hybridized carbons (Fsp3) is 0.500. The van der Waals surface area contributed by atoms with Gasteiger partial charge in [-0.05, 0) is 42.1 Å². The van der Waals surface area contributed by atoms with Gasteiger partial charge < -0.3 is 10.3 Å². The van der Waals surface area contributed by atoms with Gasteiger partial charge in [0.15, 0.2) is 0 Å². The minimum absolute atomic E-state index is 0.557. The number of benzene rings is 1. The molecule has 0 fully saturated rings. The summed E-state index contributed by atoms with van der Waals surface area (Å²) in [6.07, 6.45) is 3.23. The lowest BCUT2D eigenvalue weighted by Crippen LogP contribution is -2.24. The summed E-state index contributed by atoms with van der Waals surface area (Å²) in [7, 11) is 0. The van der Waals surface area contributed by atoms with Crippen molar-refractivity contribution in [3.8, 4) is 0 Å². The Bertz CT molecular complexity index is 509. The predicted molar refractivity (Wildman–Crippen MR) is 79.2 cm³/mol. The summed E-state index contributed by atoms with van der Waals surface area (Å²) in [5.41, 5.74) is 4.08. The first-order valence-corrected chi connectivity index (χ1v) is 6.91. The van der Waals surface area contributed by atoms with Crippen LogP contribution in [0.25, 0.3) is 10.9 Å². The van der Waals surface area contributed by atoms with Crippen LogP contribution in [0.4, 0.5) is 0 Å². The van der Waals surface area contributed by atoms with Crippen LogP contribution in [-0.2, 0) is 6.42 Å². The van der Waals surface area contributed by atoms with Crippen molar-refractivity contribution in [2.75, 3.05) is 6.54 Å². The van der Waals surface area contributed by atoms with Gasteiger partial charge >= 0.3 is 0 Å². The number of H-pyrrole nitrogens is 1. The molecular formula is C16H24N2. The van der Waals surface area contributed by atoms with E-state index in [2.05, 4.69) is 62.4 Å². The topological polar surface area (TPSA) is 27.8 Å². The molecule has 18 heavy (non-hydrogen) atoms. The normalized spacial score (nSPS) is 11.9. The zero-order chi connectivity index (χ0) is 13.1. The van der Waals surface area contributed by atoms with Crippen LogP contribution in [0.5, 0.6) is 0 Å². The third-order valence-corrected chi connectivity index (χ3v) is 3.41. The molecule has 1 aromatic carbocycles. The molecule has 0 atom stereocenters. The van der Waals surface area contributed by atoms with Gasteiger partial charge in [-0.2, -0.15) is 0 Å². The molecule has 0 amide bonds. The van der Waals surface area contributed by atoms with Crippen molar-refractivity contribution in [2.45, 2.75) is 46.1 Å². The number of hydrogen-bond acceptors (Lipinski definition) is 1. The second kappa shape index (κ2) is 5.57. The highest BCUT2D eigenvalue weighted by Gasteiger charge is 2.06. The fourth-order valence-electron chi connectivity index (χ4n) is 2.26. The molecular weight excluding hydrogens is 220 g/mol. The van der Waals surface area contributed by atoms with E-state index in [1.807, 2.05) is 0 Å². The maximum Gasteiger partial charge on any atom is 0.0456 e. The fourth-order valence-corrected chi connectivity index (χ4v) is 2.26. The number of aromatic amines is 1. The average molecular weight is 244 g/mol. The number of rotatable bonds is 5. The zero-order valence-electron chi connectivity index (χ0n) is 11.9. The van der Waals surface area contributed by atoms with Crippen LogP contribution in [0.15, 0.2) is 24.4 Å². The van der Waals surface area contributed by atoms with E-state index in [1.165, 1.54) is 22.0 Å². The monoisotopic (exact) mass is 244 g/mol. The Balaban J connectivity index is 2.20. The summed E-state index contributed by atoms with van der Waals surface area (Å²) in [6.45, 7) is 9.90. The highest BCUT2D eigenvalue weighted by atomic mass is 14.9. The largest absolute Gasteiger partial charge is 0.361 e. The summed E-state index contributed by atoms with van der Waals surface area (Å²) in [6, 6.07) is 7.31. The average Bonchev–Trinajstić information content (AvgIpc) is 2.71. The Labute approximate surface area is 110 Å². The predicted octanol–water partition coefficient (Wildman–Crippen LogP) is 3.83. The molecule has 0 radical (unpaired) electrons. The lowest BCUT2D eigenvalue weighted by atomic mass is 10.00. The lowest BCUT2D eigenvalue weighted by Gasteiger charge is -2.08. The molecule has 0 aliphatic heterocycles. The van der Waals surface area contributed by atoms with Crippen molar-refractivity contribution in [1.29, 1.82) is 0 Å². The van der Waals surface area contributed by atoms with Gasteiger partial charge in [-0.15, -0.1) is 0 Å². The van der Waals surface area contributed by atoms with Gasteiger partial charge in [0, 0.05) is 23.1 Å². The molecule has 2 nitrogen and oxygen atoms in total. The molecule has 2 heteroatoms. The molecule has 1 heterocycles. The molecule has 0 spiro atoms. The second-order valence-corrected chi connectivity index (χ2v) is 5.63. The van der Waals surface area contributed by atoms with Gasteiger partial charge in [0.05, 0.1) is 0 Å². The molecule has 2 aromatic rings. The van der Waals surface area contributed by atoms with Crippen molar-refractivity contribution in [2.24, 2.45) is 0 Å². The Kier molecular flexibility index (Phi) is 4.07. The third kappa shape index (κ3) is 2.94. The van der Waals surface area contributed by atoms with Gasteiger partial charge in [-0.3, -0.25) is 0 Å². The van der Waals surface area contributed by atoms with E-state index in [-0.39, 0.29) is 0 Å². The highest BCUT2D eigenvalue weighted by molar-refractivity contribution is 5.84. The van der Waals surface area contributed by atoms with Gasteiger partial charge in [0.1, 0.15) is 0 Å². The third-order valence-electron chi connectivity index (χ3n) is 3.41. The van der Waals surface area contributed by atoms with Crippen molar-refractivity contribution in [3.63, 3.8) is 0 Å². The molecule has 2 rings (SSSR count). The van der Waals surface area contributed by atoms with E-state index < -0.39 is 0 Å². The Morgan fingerprint density at radius 1 is 1.17 bits per heavy atom. The van der Waals surface area contributed by atoms with E-state index in [1.54, 1.807) is 0 Å². The van der Waals surface area contributed by atoms with Gasteiger partial charge in [-0.1, -0.05) is 33.8 Å².